The lowest BCUT2D eigenvalue weighted by atomic mass is 10.2. The first-order valence-corrected chi connectivity index (χ1v) is 11.1. The number of urea groups is 1. The van der Waals surface area contributed by atoms with Crippen molar-refractivity contribution in [3.63, 3.8) is 0 Å². The van der Waals surface area contributed by atoms with Gasteiger partial charge < -0.3 is 20.1 Å². The number of hydrogen-bond donors (Lipinski definition) is 2. The summed E-state index contributed by atoms with van der Waals surface area (Å²) in [7, 11) is 0. The first-order chi connectivity index (χ1) is 16.5. The van der Waals surface area contributed by atoms with Gasteiger partial charge in [-0.2, -0.15) is 15.3 Å². The van der Waals surface area contributed by atoms with Crippen LogP contribution in [0.3, 0.4) is 0 Å². The first kappa shape index (κ1) is 22.5. The fourth-order valence-electron chi connectivity index (χ4n) is 3.64. The molecule has 4 aromatic heterocycles. The number of aromatic nitrogens is 7. The SMILES string of the molecule is CC(O[C@@H]1CCOC1)c1c(NC(=O)Nc2cnc(-n3nccn3)c(Cl)c2)cnc2cc(Cl)nn12. The third-order valence-corrected chi connectivity index (χ3v) is 5.56. The van der Waals surface area contributed by atoms with E-state index in [4.69, 9.17) is 32.7 Å². The fourth-order valence-corrected chi connectivity index (χ4v) is 4.06. The molecular formula is C20H19Cl2N9O3. The Morgan fingerprint density at radius 1 is 1.21 bits per heavy atom. The third kappa shape index (κ3) is 4.66. The van der Waals surface area contributed by atoms with E-state index in [0.717, 1.165) is 6.42 Å². The van der Waals surface area contributed by atoms with Gasteiger partial charge in [-0.25, -0.2) is 19.3 Å². The molecule has 176 valence electrons. The Hall–Kier alpha value is -3.32. The maximum atomic E-state index is 12.8. The molecule has 1 aliphatic rings. The molecule has 5 rings (SSSR count). The number of rotatable bonds is 6. The molecule has 1 fully saturated rings. The second-order valence-corrected chi connectivity index (χ2v) is 8.28. The molecule has 0 aliphatic carbocycles. The molecule has 2 N–H and O–H groups in total. The Morgan fingerprint density at radius 2 is 2.03 bits per heavy atom. The van der Waals surface area contributed by atoms with E-state index >= 15 is 0 Å². The van der Waals surface area contributed by atoms with Crippen LogP contribution in [0.4, 0.5) is 16.2 Å². The lowest BCUT2D eigenvalue weighted by molar-refractivity contribution is -0.0102. The van der Waals surface area contributed by atoms with Crippen LogP contribution in [0.15, 0.2) is 36.9 Å². The standard InChI is InChI=1S/C20H19Cl2N9O3/c1-11(34-13-2-5-33-10-13)18-15(9-23-17-7-16(22)29-30(17)18)28-20(32)27-12-6-14(21)19(24-8-12)31-25-3-4-26-31/h3-4,6-9,11,13H,2,5,10H2,1H3,(H2,27,28,32)/t11?,13-/m1/s1. The van der Waals surface area contributed by atoms with Gasteiger partial charge in [0, 0.05) is 12.7 Å². The number of fused-ring (bicyclic) bond motifs is 1. The number of anilines is 2. The number of halogens is 2. The molecule has 1 saturated heterocycles. The maximum absolute atomic E-state index is 12.8. The average Bonchev–Trinajstić information content (AvgIpc) is 3.55. The Bertz CT molecular complexity index is 1320. The highest BCUT2D eigenvalue weighted by Crippen LogP contribution is 2.29. The number of hydrogen-bond acceptors (Lipinski definition) is 8. The zero-order valence-electron chi connectivity index (χ0n) is 17.9. The largest absolute Gasteiger partial charge is 0.379 e. The number of nitrogens with zero attached hydrogens (tertiary/aromatic N) is 7. The number of amides is 2. The number of ether oxygens (including phenoxy) is 2. The van der Waals surface area contributed by atoms with Crippen molar-refractivity contribution in [3.8, 4) is 5.82 Å². The number of pyridine rings is 1. The van der Waals surface area contributed by atoms with Crippen molar-refractivity contribution in [2.24, 2.45) is 0 Å². The Balaban J connectivity index is 1.37. The van der Waals surface area contributed by atoms with Gasteiger partial charge >= 0.3 is 6.03 Å². The highest BCUT2D eigenvalue weighted by atomic mass is 35.5. The Labute approximate surface area is 203 Å². The molecule has 2 atom stereocenters. The van der Waals surface area contributed by atoms with Crippen LogP contribution < -0.4 is 10.6 Å². The molecule has 0 bridgehead atoms. The molecule has 0 radical (unpaired) electrons. The zero-order chi connectivity index (χ0) is 23.7. The molecule has 4 aromatic rings. The van der Waals surface area contributed by atoms with Crippen LogP contribution in [0.25, 0.3) is 11.5 Å². The zero-order valence-corrected chi connectivity index (χ0v) is 19.4. The number of carbonyl (C=O) groups is 1. The van der Waals surface area contributed by atoms with Gasteiger partial charge in [-0.3, -0.25) is 0 Å². The lowest BCUT2D eigenvalue weighted by Gasteiger charge is -2.21. The summed E-state index contributed by atoms with van der Waals surface area (Å²) in [6.07, 6.45) is 6.31. The molecule has 0 spiro atoms. The van der Waals surface area contributed by atoms with E-state index in [1.165, 1.54) is 29.6 Å². The monoisotopic (exact) mass is 503 g/mol. The summed E-state index contributed by atoms with van der Waals surface area (Å²) in [5.41, 5.74) is 1.91. The summed E-state index contributed by atoms with van der Waals surface area (Å²) in [4.78, 5) is 22.6. The second kappa shape index (κ2) is 9.50. The van der Waals surface area contributed by atoms with Crippen LogP contribution >= 0.6 is 23.2 Å². The van der Waals surface area contributed by atoms with Crippen LogP contribution in [0.1, 0.15) is 25.1 Å². The van der Waals surface area contributed by atoms with Gasteiger partial charge in [0.15, 0.2) is 16.6 Å². The van der Waals surface area contributed by atoms with E-state index < -0.39 is 12.1 Å². The molecule has 2 amide bonds. The molecule has 0 aromatic carbocycles. The van der Waals surface area contributed by atoms with Crippen molar-refractivity contribution in [3.05, 3.63) is 52.8 Å². The highest BCUT2D eigenvalue weighted by molar-refractivity contribution is 6.32. The van der Waals surface area contributed by atoms with Gasteiger partial charge in [-0.05, 0) is 19.4 Å². The molecule has 34 heavy (non-hydrogen) atoms. The van der Waals surface area contributed by atoms with E-state index in [2.05, 4.69) is 35.9 Å². The number of carbonyl (C=O) groups excluding carboxylic acids is 1. The highest BCUT2D eigenvalue weighted by Gasteiger charge is 2.25. The van der Waals surface area contributed by atoms with Crippen molar-refractivity contribution in [1.29, 1.82) is 0 Å². The van der Waals surface area contributed by atoms with Crippen molar-refractivity contribution in [1.82, 2.24) is 34.6 Å². The maximum Gasteiger partial charge on any atom is 0.323 e. The van der Waals surface area contributed by atoms with E-state index in [0.29, 0.717) is 41.7 Å². The van der Waals surface area contributed by atoms with Crippen LogP contribution in [0.5, 0.6) is 0 Å². The van der Waals surface area contributed by atoms with Crippen molar-refractivity contribution >= 4 is 46.3 Å². The summed E-state index contributed by atoms with van der Waals surface area (Å²) in [5, 5.41) is 18.3. The molecule has 0 saturated carbocycles. The third-order valence-electron chi connectivity index (χ3n) is 5.10. The van der Waals surface area contributed by atoms with Crippen molar-refractivity contribution in [2.75, 3.05) is 23.8 Å². The van der Waals surface area contributed by atoms with Gasteiger partial charge in [-0.15, -0.1) is 4.80 Å². The minimum Gasteiger partial charge on any atom is -0.379 e. The van der Waals surface area contributed by atoms with Crippen LogP contribution in [-0.2, 0) is 9.47 Å². The predicted octanol–water partition coefficient (Wildman–Crippen LogP) is 3.52. The van der Waals surface area contributed by atoms with Crippen LogP contribution in [0, 0.1) is 0 Å². The number of nitrogens with one attached hydrogen (secondary N) is 2. The van der Waals surface area contributed by atoms with E-state index in [-0.39, 0.29) is 16.3 Å². The van der Waals surface area contributed by atoms with Crippen LogP contribution in [-0.4, -0.2) is 59.9 Å². The summed E-state index contributed by atoms with van der Waals surface area (Å²) in [6, 6.07) is 2.65. The van der Waals surface area contributed by atoms with Gasteiger partial charge in [0.05, 0.1) is 65.7 Å². The van der Waals surface area contributed by atoms with Gasteiger partial charge in [-0.1, -0.05) is 23.2 Å². The van der Waals surface area contributed by atoms with E-state index in [1.807, 2.05) is 6.92 Å². The summed E-state index contributed by atoms with van der Waals surface area (Å²) in [5.74, 6) is 0.340. The summed E-state index contributed by atoms with van der Waals surface area (Å²) in [6.45, 7) is 3.03. The van der Waals surface area contributed by atoms with E-state index in [1.54, 1.807) is 16.6 Å². The second-order valence-electron chi connectivity index (χ2n) is 7.49. The van der Waals surface area contributed by atoms with Crippen molar-refractivity contribution in [2.45, 2.75) is 25.6 Å². The molecule has 14 heteroatoms. The normalized spacial score (nSPS) is 16.6. The quantitative estimate of drug-likeness (QED) is 0.408. The minimum atomic E-state index is -0.528. The van der Waals surface area contributed by atoms with Crippen molar-refractivity contribution < 1.29 is 14.3 Å². The van der Waals surface area contributed by atoms with Gasteiger partial charge in [0.25, 0.3) is 0 Å². The smallest absolute Gasteiger partial charge is 0.323 e. The fraction of sp³-hybridized carbons (Fsp3) is 0.300. The summed E-state index contributed by atoms with van der Waals surface area (Å²) < 4.78 is 13.1. The summed E-state index contributed by atoms with van der Waals surface area (Å²) >= 11 is 12.4. The van der Waals surface area contributed by atoms with Gasteiger partial charge in [0.2, 0.25) is 0 Å². The lowest BCUT2D eigenvalue weighted by Crippen LogP contribution is -2.24. The van der Waals surface area contributed by atoms with Crippen LogP contribution in [0.2, 0.25) is 10.2 Å². The first-order valence-electron chi connectivity index (χ1n) is 10.4. The molecule has 5 heterocycles. The topological polar surface area (TPSA) is 133 Å². The van der Waals surface area contributed by atoms with Gasteiger partial charge in [0.1, 0.15) is 0 Å². The Kier molecular flexibility index (Phi) is 6.28. The minimum absolute atomic E-state index is 0.0538. The molecular weight excluding hydrogens is 485 g/mol. The molecule has 1 aliphatic heterocycles. The Morgan fingerprint density at radius 3 is 2.76 bits per heavy atom. The molecule has 12 nitrogen and oxygen atoms in total. The predicted molar refractivity (Wildman–Crippen MR) is 124 cm³/mol. The van der Waals surface area contributed by atoms with E-state index in [9.17, 15) is 4.79 Å². The molecule has 1 unspecified atom stereocenters. The average molecular weight is 504 g/mol.